The van der Waals surface area contributed by atoms with E-state index in [-0.39, 0.29) is 0 Å². The van der Waals surface area contributed by atoms with Crippen molar-refractivity contribution in [1.29, 1.82) is 0 Å². The Kier molecular flexibility index (Phi) is 1.55. The molecular formula is C9H9N3. The summed E-state index contributed by atoms with van der Waals surface area (Å²) in [7, 11) is 0. The van der Waals surface area contributed by atoms with Crippen molar-refractivity contribution in [1.82, 2.24) is 10.2 Å². The average Bonchev–Trinajstić information content (AvgIpc) is 2.57. The molecule has 12 heavy (non-hydrogen) atoms. The van der Waals surface area contributed by atoms with Crippen molar-refractivity contribution in [3.8, 4) is 11.1 Å². The molecule has 2 aromatic rings. The third kappa shape index (κ3) is 1.05. The van der Waals surface area contributed by atoms with Crippen molar-refractivity contribution >= 4 is 5.69 Å². The van der Waals surface area contributed by atoms with Gasteiger partial charge < -0.3 is 5.73 Å². The Morgan fingerprint density at radius 3 is 2.75 bits per heavy atom. The summed E-state index contributed by atoms with van der Waals surface area (Å²) in [5.41, 5.74) is 8.59. The number of nitrogens with one attached hydrogen (secondary N) is 1. The number of para-hydroxylation sites is 1. The highest BCUT2D eigenvalue weighted by Crippen LogP contribution is 2.23. The fourth-order valence-electron chi connectivity index (χ4n) is 1.16. The summed E-state index contributed by atoms with van der Waals surface area (Å²) in [6.07, 6.45) is 3.58. The molecule has 1 heterocycles. The predicted molar refractivity (Wildman–Crippen MR) is 48.4 cm³/mol. The van der Waals surface area contributed by atoms with Gasteiger partial charge in [-0.3, -0.25) is 5.10 Å². The van der Waals surface area contributed by atoms with E-state index in [1.165, 1.54) is 0 Å². The van der Waals surface area contributed by atoms with Crippen LogP contribution in [0.5, 0.6) is 0 Å². The predicted octanol–water partition coefficient (Wildman–Crippen LogP) is 1.66. The lowest BCUT2D eigenvalue weighted by molar-refractivity contribution is 1.09. The van der Waals surface area contributed by atoms with Crippen LogP contribution < -0.4 is 5.73 Å². The number of H-pyrrole nitrogens is 1. The van der Waals surface area contributed by atoms with E-state index in [2.05, 4.69) is 10.2 Å². The first-order valence-electron chi connectivity index (χ1n) is 3.71. The Hall–Kier alpha value is -1.77. The number of nitrogens with two attached hydrogens (primary N) is 1. The summed E-state index contributed by atoms with van der Waals surface area (Å²) >= 11 is 0. The molecule has 0 amide bonds. The van der Waals surface area contributed by atoms with Gasteiger partial charge in [0.2, 0.25) is 0 Å². The Bertz CT molecular complexity index is 365. The maximum absolute atomic E-state index is 5.77. The smallest absolute Gasteiger partial charge is 0.0566 e. The molecule has 0 aliphatic rings. The van der Waals surface area contributed by atoms with E-state index in [9.17, 15) is 0 Å². The number of hydrogen-bond donors (Lipinski definition) is 2. The zero-order valence-electron chi connectivity index (χ0n) is 6.49. The van der Waals surface area contributed by atoms with Gasteiger partial charge in [0, 0.05) is 23.0 Å². The van der Waals surface area contributed by atoms with Crippen LogP contribution in [0.15, 0.2) is 36.7 Å². The summed E-state index contributed by atoms with van der Waals surface area (Å²) in [4.78, 5) is 0. The molecule has 60 valence electrons. The molecule has 0 saturated heterocycles. The molecule has 1 aromatic carbocycles. The summed E-state index contributed by atoms with van der Waals surface area (Å²) in [6, 6.07) is 7.72. The number of aromatic nitrogens is 2. The van der Waals surface area contributed by atoms with E-state index in [1.54, 1.807) is 6.20 Å². The van der Waals surface area contributed by atoms with Crippen molar-refractivity contribution in [3.05, 3.63) is 36.7 Å². The highest BCUT2D eigenvalue weighted by molar-refractivity contribution is 5.74. The third-order valence-corrected chi connectivity index (χ3v) is 1.77. The van der Waals surface area contributed by atoms with Crippen LogP contribution in [0.3, 0.4) is 0 Å². The Labute approximate surface area is 70.2 Å². The van der Waals surface area contributed by atoms with Gasteiger partial charge >= 0.3 is 0 Å². The van der Waals surface area contributed by atoms with E-state index < -0.39 is 0 Å². The van der Waals surface area contributed by atoms with Crippen LogP contribution in [-0.2, 0) is 0 Å². The molecule has 1 aromatic heterocycles. The second-order valence-electron chi connectivity index (χ2n) is 2.57. The van der Waals surface area contributed by atoms with E-state index in [0.29, 0.717) is 0 Å². The van der Waals surface area contributed by atoms with Crippen LogP contribution in [0.1, 0.15) is 0 Å². The van der Waals surface area contributed by atoms with E-state index in [4.69, 9.17) is 5.73 Å². The van der Waals surface area contributed by atoms with Crippen molar-refractivity contribution < 1.29 is 0 Å². The van der Waals surface area contributed by atoms with Gasteiger partial charge in [0.05, 0.1) is 6.20 Å². The average molecular weight is 159 g/mol. The minimum Gasteiger partial charge on any atom is -0.398 e. The third-order valence-electron chi connectivity index (χ3n) is 1.77. The van der Waals surface area contributed by atoms with Crippen molar-refractivity contribution in [2.75, 3.05) is 5.73 Å². The lowest BCUT2D eigenvalue weighted by Crippen LogP contribution is -1.87. The molecule has 0 fully saturated rings. The molecule has 3 N–H and O–H groups in total. The standard InChI is InChI=1S/C9H9N3/c10-9-4-2-1-3-8(9)7-5-11-12-6-7/h1-6H,10H2,(H,11,12). The molecule has 0 bridgehead atoms. The van der Waals surface area contributed by atoms with Crippen molar-refractivity contribution in [2.45, 2.75) is 0 Å². The summed E-state index contributed by atoms with van der Waals surface area (Å²) in [5, 5.41) is 6.61. The molecule has 0 aliphatic carbocycles. The van der Waals surface area contributed by atoms with E-state index in [0.717, 1.165) is 16.8 Å². The molecule has 0 saturated carbocycles. The fraction of sp³-hybridized carbons (Fsp3) is 0. The van der Waals surface area contributed by atoms with Gasteiger partial charge in [-0.25, -0.2) is 0 Å². The quantitative estimate of drug-likeness (QED) is 0.622. The van der Waals surface area contributed by atoms with Gasteiger partial charge in [0.1, 0.15) is 0 Å². The Morgan fingerprint density at radius 2 is 2.08 bits per heavy atom. The molecular weight excluding hydrogens is 150 g/mol. The number of aromatic amines is 1. The minimum absolute atomic E-state index is 0.777. The first kappa shape index (κ1) is 6.91. The highest BCUT2D eigenvalue weighted by Gasteiger charge is 2.00. The largest absolute Gasteiger partial charge is 0.398 e. The topological polar surface area (TPSA) is 54.7 Å². The summed E-state index contributed by atoms with van der Waals surface area (Å²) < 4.78 is 0. The molecule has 0 atom stereocenters. The molecule has 0 unspecified atom stereocenters. The first-order chi connectivity index (χ1) is 5.88. The first-order valence-corrected chi connectivity index (χ1v) is 3.71. The van der Waals surface area contributed by atoms with Gasteiger partial charge in [-0.2, -0.15) is 5.10 Å². The highest BCUT2D eigenvalue weighted by atomic mass is 15.1. The van der Waals surface area contributed by atoms with E-state index >= 15 is 0 Å². The zero-order chi connectivity index (χ0) is 8.39. The molecule has 3 nitrogen and oxygen atoms in total. The fourth-order valence-corrected chi connectivity index (χ4v) is 1.16. The number of nitrogens with zero attached hydrogens (tertiary/aromatic N) is 1. The maximum Gasteiger partial charge on any atom is 0.0566 e. The Morgan fingerprint density at radius 1 is 1.25 bits per heavy atom. The number of benzene rings is 1. The zero-order valence-corrected chi connectivity index (χ0v) is 6.49. The van der Waals surface area contributed by atoms with Gasteiger partial charge in [0.25, 0.3) is 0 Å². The van der Waals surface area contributed by atoms with Gasteiger partial charge in [-0.05, 0) is 6.07 Å². The lowest BCUT2D eigenvalue weighted by Gasteiger charge is -2.00. The molecule has 2 rings (SSSR count). The number of anilines is 1. The summed E-state index contributed by atoms with van der Waals surface area (Å²) in [6.45, 7) is 0. The number of nitrogen functional groups attached to an aromatic ring is 1. The van der Waals surface area contributed by atoms with E-state index in [1.807, 2.05) is 30.5 Å². The van der Waals surface area contributed by atoms with Crippen molar-refractivity contribution in [2.24, 2.45) is 0 Å². The van der Waals surface area contributed by atoms with Crippen LogP contribution in [0.4, 0.5) is 5.69 Å². The normalized spacial score (nSPS) is 10.0. The van der Waals surface area contributed by atoms with Crippen LogP contribution in [0.25, 0.3) is 11.1 Å². The van der Waals surface area contributed by atoms with Crippen LogP contribution >= 0.6 is 0 Å². The van der Waals surface area contributed by atoms with Crippen LogP contribution in [0.2, 0.25) is 0 Å². The number of rotatable bonds is 1. The van der Waals surface area contributed by atoms with Crippen LogP contribution in [0, 0.1) is 0 Å². The minimum atomic E-state index is 0.777. The van der Waals surface area contributed by atoms with Crippen molar-refractivity contribution in [3.63, 3.8) is 0 Å². The second kappa shape index (κ2) is 2.70. The van der Waals surface area contributed by atoms with Crippen LogP contribution in [-0.4, -0.2) is 10.2 Å². The van der Waals surface area contributed by atoms with Gasteiger partial charge in [-0.15, -0.1) is 0 Å². The second-order valence-corrected chi connectivity index (χ2v) is 2.57. The monoisotopic (exact) mass is 159 g/mol. The molecule has 3 heteroatoms. The molecule has 0 radical (unpaired) electrons. The number of hydrogen-bond acceptors (Lipinski definition) is 2. The van der Waals surface area contributed by atoms with Gasteiger partial charge in [-0.1, -0.05) is 18.2 Å². The molecule has 0 spiro atoms. The SMILES string of the molecule is Nc1ccccc1-c1cn[nH]c1. The molecule has 0 aliphatic heterocycles. The summed E-state index contributed by atoms with van der Waals surface area (Å²) in [5.74, 6) is 0. The Balaban J connectivity index is 2.55. The maximum atomic E-state index is 5.77. The van der Waals surface area contributed by atoms with Gasteiger partial charge in [0.15, 0.2) is 0 Å². The lowest BCUT2D eigenvalue weighted by atomic mass is 10.1.